The molecule has 0 saturated carbocycles. The Morgan fingerprint density at radius 3 is 2.45 bits per heavy atom. The first-order valence-electron chi connectivity index (χ1n) is 12.0. The average Bonchev–Trinajstić information content (AvgIpc) is 3.59. The van der Waals surface area contributed by atoms with Gasteiger partial charge in [-0.15, -0.1) is 0 Å². The largest absolute Gasteiger partial charge is 0.490 e. The lowest BCUT2D eigenvalue weighted by atomic mass is 9.92. The van der Waals surface area contributed by atoms with Crippen molar-refractivity contribution in [1.82, 2.24) is 24.4 Å². The van der Waals surface area contributed by atoms with E-state index in [1.54, 1.807) is 12.3 Å². The van der Waals surface area contributed by atoms with Crippen molar-refractivity contribution >= 4 is 22.9 Å². The number of aliphatic carboxylic acids is 1. The van der Waals surface area contributed by atoms with Crippen LogP contribution < -0.4 is 0 Å². The van der Waals surface area contributed by atoms with Crippen molar-refractivity contribution in [2.45, 2.75) is 44.8 Å². The van der Waals surface area contributed by atoms with Gasteiger partial charge in [0.25, 0.3) is 5.91 Å². The van der Waals surface area contributed by atoms with Gasteiger partial charge in [0.1, 0.15) is 11.8 Å². The highest BCUT2D eigenvalue weighted by atomic mass is 19.4. The van der Waals surface area contributed by atoms with Crippen LogP contribution in [0, 0.1) is 0 Å². The highest BCUT2D eigenvalue weighted by Gasteiger charge is 2.38. The highest BCUT2D eigenvalue weighted by molar-refractivity contribution is 5.94. The quantitative estimate of drug-likeness (QED) is 0.381. The number of rotatable bonds is 4. The van der Waals surface area contributed by atoms with Crippen molar-refractivity contribution in [3.05, 3.63) is 66.8 Å². The van der Waals surface area contributed by atoms with Gasteiger partial charge in [-0.25, -0.2) is 9.78 Å². The standard InChI is InChI=1S/C24H25N5O2.C2HF3O2/c1-16(2)29-15-26-23-21(29)12-20(27-22(23)18-4-3-8-25-13-18)17-5-9-28(10-6-17)24(30)19-7-11-31-14-19;3-2(4,5)1(6)7/h3-4,7-8,11-17H,5-6,9-10H2,1-2H3;(H,6,7). The van der Waals surface area contributed by atoms with Crippen LogP contribution in [0.1, 0.15) is 54.7 Å². The lowest BCUT2D eigenvalue weighted by Crippen LogP contribution is -2.37. The molecule has 5 rings (SSSR count). The molecule has 1 saturated heterocycles. The molecule has 0 unspecified atom stereocenters. The molecule has 9 nitrogen and oxygen atoms in total. The number of carbonyl (C=O) groups excluding carboxylic acids is 1. The van der Waals surface area contributed by atoms with Crippen LogP contribution in [-0.4, -0.2) is 60.7 Å². The molecule has 38 heavy (non-hydrogen) atoms. The van der Waals surface area contributed by atoms with E-state index >= 15 is 0 Å². The minimum Gasteiger partial charge on any atom is -0.475 e. The number of hydrogen-bond acceptors (Lipinski definition) is 6. The number of hydrogen-bond donors (Lipinski definition) is 1. The number of likely N-dealkylation sites (tertiary alicyclic amines) is 1. The molecule has 12 heteroatoms. The van der Waals surface area contributed by atoms with Crippen molar-refractivity contribution < 1.29 is 32.3 Å². The molecule has 0 bridgehead atoms. The molecule has 0 aliphatic carbocycles. The van der Waals surface area contributed by atoms with Gasteiger partial charge in [-0.1, -0.05) is 0 Å². The molecule has 1 amide bonds. The molecule has 4 aromatic heterocycles. The number of piperidine rings is 1. The molecule has 1 fully saturated rings. The van der Waals surface area contributed by atoms with Gasteiger partial charge in [-0.2, -0.15) is 13.2 Å². The maximum atomic E-state index is 12.6. The fourth-order valence-electron chi connectivity index (χ4n) is 4.32. The zero-order valence-corrected chi connectivity index (χ0v) is 20.7. The molecule has 200 valence electrons. The topological polar surface area (TPSA) is 114 Å². The van der Waals surface area contributed by atoms with E-state index in [0.717, 1.165) is 40.8 Å². The Morgan fingerprint density at radius 2 is 1.89 bits per heavy atom. The van der Waals surface area contributed by atoms with Crippen LogP contribution in [0.3, 0.4) is 0 Å². The predicted molar refractivity (Wildman–Crippen MR) is 131 cm³/mol. The van der Waals surface area contributed by atoms with E-state index in [1.165, 1.54) is 12.5 Å². The monoisotopic (exact) mass is 529 g/mol. The number of carbonyl (C=O) groups is 2. The van der Waals surface area contributed by atoms with E-state index in [4.69, 9.17) is 19.3 Å². The molecule has 5 heterocycles. The van der Waals surface area contributed by atoms with Crippen LogP contribution in [0.2, 0.25) is 0 Å². The van der Waals surface area contributed by atoms with Gasteiger partial charge in [0.15, 0.2) is 0 Å². The number of carboxylic acids is 1. The summed E-state index contributed by atoms with van der Waals surface area (Å²) in [6.07, 6.45) is 5.23. The Kier molecular flexibility index (Phi) is 7.79. The number of fused-ring (bicyclic) bond motifs is 1. The van der Waals surface area contributed by atoms with E-state index in [0.29, 0.717) is 30.6 Å². The Morgan fingerprint density at radius 1 is 1.18 bits per heavy atom. The lowest BCUT2D eigenvalue weighted by Gasteiger charge is -2.31. The van der Waals surface area contributed by atoms with Crippen LogP contribution in [0.25, 0.3) is 22.3 Å². The van der Waals surface area contributed by atoms with Gasteiger partial charge in [-0.05, 0) is 51.0 Å². The van der Waals surface area contributed by atoms with Crippen LogP contribution in [0.4, 0.5) is 13.2 Å². The van der Waals surface area contributed by atoms with Crippen LogP contribution in [-0.2, 0) is 4.79 Å². The zero-order chi connectivity index (χ0) is 27.4. The summed E-state index contributed by atoms with van der Waals surface area (Å²) in [7, 11) is 0. The van der Waals surface area contributed by atoms with E-state index in [2.05, 4.69) is 34.4 Å². The molecule has 0 aromatic carbocycles. The first kappa shape index (κ1) is 26.8. The Labute approximate surface area is 215 Å². The summed E-state index contributed by atoms with van der Waals surface area (Å²) in [5, 5.41) is 7.12. The SMILES string of the molecule is CC(C)n1cnc2c(-c3cccnc3)nc(C3CCN(C(=O)c4ccoc4)CC3)cc21.O=C(O)C(F)(F)F. The van der Waals surface area contributed by atoms with Gasteiger partial charge in [0.2, 0.25) is 0 Å². The molecular formula is C26H26F3N5O4. The number of halogens is 3. The van der Waals surface area contributed by atoms with Crippen molar-refractivity contribution in [2.75, 3.05) is 13.1 Å². The van der Waals surface area contributed by atoms with Gasteiger partial charge < -0.3 is 19.0 Å². The Bertz CT molecular complexity index is 1390. The fraction of sp³-hybridized carbons (Fsp3) is 0.346. The third-order valence-electron chi connectivity index (χ3n) is 6.28. The van der Waals surface area contributed by atoms with E-state index in [9.17, 15) is 18.0 Å². The number of alkyl halides is 3. The number of furan rings is 1. The normalized spacial score (nSPS) is 14.4. The highest BCUT2D eigenvalue weighted by Crippen LogP contribution is 2.34. The third kappa shape index (κ3) is 5.84. The van der Waals surface area contributed by atoms with Crippen molar-refractivity contribution in [1.29, 1.82) is 0 Å². The molecule has 1 N–H and O–H groups in total. The number of pyridine rings is 2. The summed E-state index contributed by atoms with van der Waals surface area (Å²) in [6, 6.07) is 8.16. The fourth-order valence-corrected chi connectivity index (χ4v) is 4.32. The molecular weight excluding hydrogens is 503 g/mol. The number of carboxylic acid groups (broad SMARTS) is 1. The number of aromatic nitrogens is 4. The minimum atomic E-state index is -5.08. The minimum absolute atomic E-state index is 0.0320. The van der Waals surface area contributed by atoms with Gasteiger partial charge >= 0.3 is 12.1 Å². The summed E-state index contributed by atoms with van der Waals surface area (Å²) in [4.78, 5) is 37.4. The lowest BCUT2D eigenvalue weighted by molar-refractivity contribution is -0.192. The summed E-state index contributed by atoms with van der Waals surface area (Å²) in [6.45, 7) is 5.73. The van der Waals surface area contributed by atoms with Crippen LogP contribution in [0.5, 0.6) is 0 Å². The molecule has 1 aliphatic heterocycles. The summed E-state index contributed by atoms with van der Waals surface area (Å²) in [5.41, 5.74) is 5.50. The van der Waals surface area contributed by atoms with Crippen molar-refractivity contribution in [2.24, 2.45) is 0 Å². The third-order valence-corrected chi connectivity index (χ3v) is 6.28. The molecule has 0 atom stereocenters. The number of nitrogens with zero attached hydrogens (tertiary/aromatic N) is 5. The van der Waals surface area contributed by atoms with Crippen LogP contribution in [0.15, 0.2) is 59.9 Å². The molecule has 4 aromatic rings. The number of imidazole rings is 1. The van der Waals surface area contributed by atoms with E-state index in [-0.39, 0.29) is 5.91 Å². The Balaban J connectivity index is 0.000000426. The second-order valence-electron chi connectivity index (χ2n) is 9.13. The molecule has 0 spiro atoms. The van der Waals surface area contributed by atoms with E-state index < -0.39 is 12.1 Å². The maximum Gasteiger partial charge on any atom is 0.490 e. The van der Waals surface area contributed by atoms with Crippen molar-refractivity contribution in [3.8, 4) is 11.3 Å². The van der Waals surface area contributed by atoms with Crippen LogP contribution >= 0.6 is 0 Å². The first-order valence-corrected chi connectivity index (χ1v) is 12.0. The summed E-state index contributed by atoms with van der Waals surface area (Å²) in [5.74, 6) is -2.43. The first-order chi connectivity index (χ1) is 18.1. The molecule has 1 aliphatic rings. The number of amides is 1. The summed E-state index contributed by atoms with van der Waals surface area (Å²) >= 11 is 0. The van der Waals surface area contributed by atoms with Gasteiger partial charge in [-0.3, -0.25) is 14.8 Å². The second kappa shape index (κ2) is 11.0. The average molecular weight is 530 g/mol. The molecule has 0 radical (unpaired) electrons. The van der Waals surface area contributed by atoms with E-state index in [1.807, 2.05) is 29.6 Å². The predicted octanol–water partition coefficient (Wildman–Crippen LogP) is 5.32. The van der Waals surface area contributed by atoms with Gasteiger partial charge in [0, 0.05) is 48.7 Å². The zero-order valence-electron chi connectivity index (χ0n) is 20.7. The maximum absolute atomic E-state index is 12.6. The second-order valence-corrected chi connectivity index (χ2v) is 9.13. The van der Waals surface area contributed by atoms with Crippen molar-refractivity contribution in [3.63, 3.8) is 0 Å². The summed E-state index contributed by atoms with van der Waals surface area (Å²) < 4.78 is 39.0. The smallest absolute Gasteiger partial charge is 0.475 e. The van der Waals surface area contributed by atoms with Gasteiger partial charge in [0.05, 0.1) is 29.4 Å². The Hall–Kier alpha value is -4.22.